The first-order valence-corrected chi connectivity index (χ1v) is 8.37. The highest BCUT2D eigenvalue weighted by atomic mass is 19.1. The Morgan fingerprint density at radius 3 is 2.42 bits per heavy atom. The van der Waals surface area contributed by atoms with Crippen LogP contribution in [0.25, 0.3) is 0 Å². The highest BCUT2D eigenvalue weighted by Crippen LogP contribution is 2.44. The van der Waals surface area contributed by atoms with Gasteiger partial charge in [0, 0.05) is 6.54 Å². The van der Waals surface area contributed by atoms with Crippen LogP contribution >= 0.6 is 0 Å². The van der Waals surface area contributed by atoms with Crippen molar-refractivity contribution in [3.8, 4) is 0 Å². The summed E-state index contributed by atoms with van der Waals surface area (Å²) in [6, 6.07) is 14.1. The fourth-order valence-electron chi connectivity index (χ4n) is 3.26. The molecule has 126 valence electrons. The number of rotatable bonds is 6. The van der Waals surface area contributed by atoms with Crippen LogP contribution in [0.2, 0.25) is 0 Å². The molecular formula is C20H22FNO2. The maximum atomic E-state index is 13.5. The first-order valence-electron chi connectivity index (χ1n) is 8.37. The summed E-state index contributed by atoms with van der Waals surface area (Å²) in [5.74, 6) is -0.304. The van der Waals surface area contributed by atoms with E-state index < -0.39 is 5.41 Å². The summed E-state index contributed by atoms with van der Waals surface area (Å²) in [4.78, 5) is 12.7. The molecule has 1 fully saturated rings. The molecule has 0 atom stereocenters. The van der Waals surface area contributed by atoms with Crippen LogP contribution in [0, 0.1) is 5.82 Å². The molecule has 2 aromatic carbocycles. The van der Waals surface area contributed by atoms with E-state index in [0.717, 1.165) is 42.4 Å². The van der Waals surface area contributed by atoms with Crippen LogP contribution in [0.1, 0.15) is 36.0 Å². The molecule has 1 saturated carbocycles. The number of carbonyl (C=O) groups is 1. The molecule has 1 aliphatic carbocycles. The van der Waals surface area contributed by atoms with E-state index in [0.29, 0.717) is 6.54 Å². The molecule has 0 unspecified atom stereocenters. The van der Waals surface area contributed by atoms with Gasteiger partial charge in [-0.05, 0) is 48.1 Å². The lowest BCUT2D eigenvalue weighted by atomic mass is 9.64. The summed E-state index contributed by atoms with van der Waals surface area (Å²) >= 11 is 0. The summed E-state index contributed by atoms with van der Waals surface area (Å²) in [5, 5.41) is 12.1. The molecule has 0 saturated heterocycles. The lowest BCUT2D eigenvalue weighted by Gasteiger charge is -2.40. The van der Waals surface area contributed by atoms with Gasteiger partial charge in [-0.25, -0.2) is 4.39 Å². The van der Waals surface area contributed by atoms with E-state index in [1.54, 1.807) is 6.07 Å². The number of aliphatic hydroxyl groups is 1. The zero-order valence-electron chi connectivity index (χ0n) is 13.6. The van der Waals surface area contributed by atoms with Crippen LogP contribution in [0.4, 0.5) is 4.39 Å². The van der Waals surface area contributed by atoms with Crippen LogP contribution in [0.5, 0.6) is 0 Å². The summed E-state index contributed by atoms with van der Waals surface area (Å²) in [6.07, 6.45) is 3.27. The number of nitrogens with one attached hydrogen (secondary N) is 1. The van der Waals surface area contributed by atoms with Gasteiger partial charge in [0.15, 0.2) is 0 Å². The normalized spacial score (nSPS) is 15.6. The third kappa shape index (κ3) is 3.34. The molecule has 0 aromatic heterocycles. The Balaban J connectivity index is 1.61. The summed E-state index contributed by atoms with van der Waals surface area (Å²) < 4.78 is 13.5. The van der Waals surface area contributed by atoms with Crippen molar-refractivity contribution in [2.24, 2.45) is 0 Å². The molecule has 0 spiro atoms. The molecule has 2 aromatic rings. The summed E-state index contributed by atoms with van der Waals surface area (Å²) in [5.41, 5.74) is 2.20. The molecule has 1 amide bonds. The summed E-state index contributed by atoms with van der Waals surface area (Å²) in [7, 11) is 0. The fraction of sp³-hybridized carbons (Fsp3) is 0.350. The van der Waals surface area contributed by atoms with Gasteiger partial charge < -0.3 is 10.4 Å². The smallest absolute Gasteiger partial charge is 0.230 e. The van der Waals surface area contributed by atoms with Crippen molar-refractivity contribution in [1.82, 2.24) is 5.32 Å². The minimum atomic E-state index is -0.567. The van der Waals surface area contributed by atoms with Crippen molar-refractivity contribution in [2.45, 2.75) is 37.7 Å². The molecule has 4 heteroatoms. The lowest BCUT2D eigenvalue weighted by molar-refractivity contribution is -0.129. The van der Waals surface area contributed by atoms with E-state index in [9.17, 15) is 9.18 Å². The number of hydrogen-bond acceptors (Lipinski definition) is 2. The van der Waals surface area contributed by atoms with E-state index in [1.807, 2.05) is 30.3 Å². The van der Waals surface area contributed by atoms with Crippen molar-refractivity contribution in [3.05, 3.63) is 71.0 Å². The zero-order chi connectivity index (χ0) is 17.0. The van der Waals surface area contributed by atoms with E-state index in [-0.39, 0.29) is 18.3 Å². The number of halogens is 1. The van der Waals surface area contributed by atoms with E-state index >= 15 is 0 Å². The Kier molecular flexibility index (Phi) is 4.95. The number of benzene rings is 2. The van der Waals surface area contributed by atoms with E-state index in [4.69, 9.17) is 5.11 Å². The molecule has 1 aliphatic rings. The third-order valence-corrected chi connectivity index (χ3v) is 4.92. The second-order valence-corrected chi connectivity index (χ2v) is 6.43. The van der Waals surface area contributed by atoms with Crippen LogP contribution in [-0.2, 0) is 23.2 Å². The number of hydrogen-bond donors (Lipinski definition) is 2. The highest BCUT2D eigenvalue weighted by molar-refractivity contribution is 5.89. The fourth-order valence-corrected chi connectivity index (χ4v) is 3.26. The topological polar surface area (TPSA) is 49.3 Å². The minimum Gasteiger partial charge on any atom is -0.392 e. The Hall–Kier alpha value is -2.20. The number of amides is 1. The van der Waals surface area contributed by atoms with Gasteiger partial charge in [0.25, 0.3) is 0 Å². The Labute approximate surface area is 141 Å². The minimum absolute atomic E-state index is 0.00803. The quantitative estimate of drug-likeness (QED) is 0.856. The van der Waals surface area contributed by atoms with Crippen molar-refractivity contribution in [1.29, 1.82) is 0 Å². The maximum Gasteiger partial charge on any atom is 0.230 e. The van der Waals surface area contributed by atoms with Crippen LogP contribution in [0.15, 0.2) is 48.5 Å². The SMILES string of the molecule is O=C(NCCc1ccc(CO)cc1)C1(c2cccc(F)c2)CCC1. The van der Waals surface area contributed by atoms with Crippen molar-refractivity contribution >= 4 is 5.91 Å². The average molecular weight is 327 g/mol. The predicted octanol–water partition coefficient (Wildman–Crippen LogP) is 3.10. The Bertz CT molecular complexity index is 708. The lowest BCUT2D eigenvalue weighted by Crippen LogP contribution is -2.49. The molecule has 0 radical (unpaired) electrons. The van der Waals surface area contributed by atoms with Crippen molar-refractivity contribution in [2.75, 3.05) is 6.54 Å². The largest absolute Gasteiger partial charge is 0.392 e. The number of aliphatic hydroxyl groups excluding tert-OH is 1. The van der Waals surface area contributed by atoms with Crippen molar-refractivity contribution in [3.63, 3.8) is 0 Å². The monoisotopic (exact) mass is 327 g/mol. The molecule has 0 aliphatic heterocycles. The first kappa shape index (κ1) is 16.7. The van der Waals surface area contributed by atoms with Gasteiger partial charge in [-0.3, -0.25) is 4.79 Å². The Morgan fingerprint density at radius 1 is 1.12 bits per heavy atom. The van der Waals surface area contributed by atoms with E-state index in [1.165, 1.54) is 12.1 Å². The van der Waals surface area contributed by atoms with Crippen LogP contribution in [-0.4, -0.2) is 17.6 Å². The molecule has 0 heterocycles. The summed E-state index contributed by atoms with van der Waals surface area (Å²) in [6.45, 7) is 0.585. The highest BCUT2D eigenvalue weighted by Gasteiger charge is 2.45. The van der Waals surface area contributed by atoms with Gasteiger partial charge in [-0.2, -0.15) is 0 Å². The molecule has 2 N–H and O–H groups in total. The first-order chi connectivity index (χ1) is 11.6. The molecule has 3 nitrogen and oxygen atoms in total. The van der Waals surface area contributed by atoms with Crippen molar-refractivity contribution < 1.29 is 14.3 Å². The third-order valence-electron chi connectivity index (χ3n) is 4.92. The maximum absolute atomic E-state index is 13.5. The molecule has 0 bridgehead atoms. The zero-order valence-corrected chi connectivity index (χ0v) is 13.6. The predicted molar refractivity (Wildman–Crippen MR) is 91.0 cm³/mol. The van der Waals surface area contributed by atoms with E-state index in [2.05, 4.69) is 5.32 Å². The molecule has 24 heavy (non-hydrogen) atoms. The number of carbonyl (C=O) groups excluding carboxylic acids is 1. The van der Waals surface area contributed by atoms with Gasteiger partial charge in [0.2, 0.25) is 5.91 Å². The second kappa shape index (κ2) is 7.14. The van der Waals surface area contributed by atoms with Gasteiger partial charge in [-0.15, -0.1) is 0 Å². The van der Waals surface area contributed by atoms with Gasteiger partial charge in [-0.1, -0.05) is 42.8 Å². The molecule has 3 rings (SSSR count). The van der Waals surface area contributed by atoms with Gasteiger partial charge in [0.1, 0.15) is 5.82 Å². The van der Waals surface area contributed by atoms with Crippen LogP contribution in [0.3, 0.4) is 0 Å². The average Bonchev–Trinajstić information content (AvgIpc) is 2.54. The standard InChI is InChI=1S/C20H22FNO2/c21-18-4-1-3-17(13-18)20(10-2-11-20)19(24)22-12-9-15-5-7-16(14-23)8-6-15/h1,3-8,13,23H,2,9-12,14H2,(H,22,24). The van der Waals surface area contributed by atoms with Gasteiger partial charge >= 0.3 is 0 Å². The molecular weight excluding hydrogens is 305 g/mol. The van der Waals surface area contributed by atoms with Gasteiger partial charge in [0.05, 0.1) is 12.0 Å². The second-order valence-electron chi connectivity index (χ2n) is 6.43. The van der Waals surface area contributed by atoms with Crippen LogP contribution < -0.4 is 5.32 Å². The Morgan fingerprint density at radius 2 is 1.83 bits per heavy atom.